The van der Waals surface area contributed by atoms with Gasteiger partial charge in [0, 0.05) is 11.8 Å². The van der Waals surface area contributed by atoms with Gasteiger partial charge in [-0.15, -0.1) is 0 Å². The summed E-state index contributed by atoms with van der Waals surface area (Å²) in [5.74, 6) is 0.969. The lowest BCUT2D eigenvalue weighted by molar-refractivity contribution is -0.118. The third kappa shape index (κ3) is 2.36. The van der Waals surface area contributed by atoms with Crippen molar-refractivity contribution >= 4 is 11.6 Å². The Morgan fingerprint density at radius 1 is 1.21 bits per heavy atom. The van der Waals surface area contributed by atoms with Gasteiger partial charge in [0.25, 0.3) is 0 Å². The number of hydrogen-bond donors (Lipinski definition) is 1. The van der Waals surface area contributed by atoms with Gasteiger partial charge < -0.3 is 14.3 Å². The number of nitriles is 1. The molecule has 6 nitrogen and oxygen atoms in total. The molecule has 0 atom stereocenters. The van der Waals surface area contributed by atoms with Gasteiger partial charge in [0.05, 0.1) is 29.0 Å². The summed E-state index contributed by atoms with van der Waals surface area (Å²) in [6, 6.07) is 14.1. The van der Waals surface area contributed by atoms with Gasteiger partial charge in [-0.25, -0.2) is 0 Å². The zero-order valence-corrected chi connectivity index (χ0v) is 12.7. The van der Waals surface area contributed by atoms with Gasteiger partial charge in [0.1, 0.15) is 0 Å². The molecule has 118 valence electrons. The minimum atomic E-state index is -0.651. The van der Waals surface area contributed by atoms with Crippen LogP contribution in [0.2, 0.25) is 0 Å². The molecule has 0 spiro atoms. The molecule has 1 aromatic carbocycles. The number of hydrogen-bond acceptors (Lipinski definition) is 5. The molecule has 1 N–H and O–H groups in total. The first-order valence-corrected chi connectivity index (χ1v) is 7.54. The lowest BCUT2D eigenvalue weighted by atomic mass is 10.0. The molecule has 1 aliphatic rings. The molecule has 1 aliphatic carbocycles. The molecule has 1 saturated carbocycles. The van der Waals surface area contributed by atoms with Crippen molar-refractivity contribution in [1.82, 2.24) is 5.16 Å². The van der Waals surface area contributed by atoms with E-state index in [-0.39, 0.29) is 5.91 Å². The summed E-state index contributed by atoms with van der Waals surface area (Å²) < 4.78 is 10.6. The monoisotopic (exact) mass is 319 g/mol. The van der Waals surface area contributed by atoms with Gasteiger partial charge in [-0.05, 0) is 49.2 Å². The Morgan fingerprint density at radius 3 is 2.62 bits per heavy atom. The third-order valence-corrected chi connectivity index (χ3v) is 4.22. The standard InChI is InChI=1S/C18H13N3O3/c19-11-12-3-5-13(6-4-12)20-17(22)18(7-8-18)16-10-15(24-21-16)14-2-1-9-23-14/h1-6,9-10H,7-8H2,(H,20,22). The van der Waals surface area contributed by atoms with Crippen LogP contribution in [-0.4, -0.2) is 11.1 Å². The molecule has 0 radical (unpaired) electrons. The fourth-order valence-electron chi connectivity index (χ4n) is 2.64. The van der Waals surface area contributed by atoms with E-state index >= 15 is 0 Å². The van der Waals surface area contributed by atoms with Gasteiger partial charge in [0.2, 0.25) is 11.7 Å². The van der Waals surface area contributed by atoms with E-state index in [0.29, 0.717) is 28.5 Å². The van der Waals surface area contributed by atoms with Crippen molar-refractivity contribution in [3.8, 4) is 17.6 Å². The van der Waals surface area contributed by atoms with Crippen molar-refractivity contribution in [2.45, 2.75) is 18.3 Å². The number of nitrogens with zero attached hydrogens (tertiary/aromatic N) is 2. The van der Waals surface area contributed by atoms with Crippen LogP contribution in [0.3, 0.4) is 0 Å². The van der Waals surface area contributed by atoms with E-state index in [0.717, 1.165) is 12.8 Å². The largest absolute Gasteiger partial charge is 0.461 e. The maximum atomic E-state index is 12.7. The molecule has 2 heterocycles. The number of carbonyl (C=O) groups excluding carboxylic acids is 1. The maximum absolute atomic E-state index is 12.7. The quantitative estimate of drug-likeness (QED) is 0.795. The second-order valence-corrected chi connectivity index (χ2v) is 5.78. The first-order valence-electron chi connectivity index (χ1n) is 7.54. The predicted octanol–water partition coefficient (Wildman–Crippen LogP) is 3.48. The molecule has 0 bridgehead atoms. The normalized spacial score (nSPS) is 14.8. The third-order valence-electron chi connectivity index (χ3n) is 4.22. The van der Waals surface area contributed by atoms with Crippen molar-refractivity contribution in [3.05, 3.63) is 60.0 Å². The first kappa shape index (κ1) is 14.3. The SMILES string of the molecule is N#Cc1ccc(NC(=O)C2(c3cc(-c4ccco4)on3)CC2)cc1. The fraction of sp³-hybridized carbons (Fsp3) is 0.167. The molecular formula is C18H13N3O3. The number of aromatic nitrogens is 1. The number of rotatable bonds is 4. The van der Waals surface area contributed by atoms with Gasteiger partial charge in [0.15, 0.2) is 5.76 Å². The first-order chi connectivity index (χ1) is 11.7. The molecule has 0 aliphatic heterocycles. The molecule has 4 rings (SSSR count). The predicted molar refractivity (Wildman–Crippen MR) is 84.9 cm³/mol. The average Bonchev–Trinajstić information content (AvgIpc) is 3.02. The second kappa shape index (κ2) is 5.39. The van der Waals surface area contributed by atoms with Gasteiger partial charge in [-0.1, -0.05) is 5.16 Å². The summed E-state index contributed by atoms with van der Waals surface area (Å²) in [6.07, 6.45) is 3.00. The summed E-state index contributed by atoms with van der Waals surface area (Å²) >= 11 is 0. The highest BCUT2D eigenvalue weighted by molar-refractivity contribution is 6.01. The van der Waals surface area contributed by atoms with E-state index < -0.39 is 5.41 Å². The van der Waals surface area contributed by atoms with Crippen molar-refractivity contribution in [3.63, 3.8) is 0 Å². The Balaban J connectivity index is 1.54. The summed E-state index contributed by atoms with van der Waals surface area (Å²) in [6.45, 7) is 0. The fourth-order valence-corrected chi connectivity index (χ4v) is 2.64. The van der Waals surface area contributed by atoms with Crippen LogP contribution in [0.1, 0.15) is 24.1 Å². The maximum Gasteiger partial charge on any atom is 0.236 e. The zero-order valence-electron chi connectivity index (χ0n) is 12.7. The number of furan rings is 1. The highest BCUT2D eigenvalue weighted by Crippen LogP contribution is 2.49. The molecular weight excluding hydrogens is 306 g/mol. The molecule has 2 aromatic heterocycles. The number of anilines is 1. The lowest BCUT2D eigenvalue weighted by Crippen LogP contribution is -2.28. The van der Waals surface area contributed by atoms with Crippen LogP contribution in [0.25, 0.3) is 11.5 Å². The van der Waals surface area contributed by atoms with E-state index in [2.05, 4.69) is 10.5 Å². The number of nitrogens with one attached hydrogen (secondary N) is 1. The Hall–Kier alpha value is -3.33. The summed E-state index contributed by atoms with van der Waals surface area (Å²) in [4.78, 5) is 12.7. The van der Waals surface area contributed by atoms with Gasteiger partial charge in [-0.2, -0.15) is 5.26 Å². The van der Waals surface area contributed by atoms with Crippen LogP contribution in [0.5, 0.6) is 0 Å². The lowest BCUT2D eigenvalue weighted by Gasteiger charge is -2.12. The minimum absolute atomic E-state index is 0.119. The summed E-state index contributed by atoms with van der Waals surface area (Å²) in [5.41, 5.74) is 1.16. The molecule has 6 heteroatoms. The topological polar surface area (TPSA) is 92.1 Å². The van der Waals surface area contributed by atoms with Crippen LogP contribution in [-0.2, 0) is 10.2 Å². The van der Waals surface area contributed by atoms with Crippen LogP contribution < -0.4 is 5.32 Å². The van der Waals surface area contributed by atoms with Crippen LogP contribution in [0.4, 0.5) is 5.69 Å². The van der Waals surface area contributed by atoms with Crippen molar-refractivity contribution in [2.24, 2.45) is 0 Å². The average molecular weight is 319 g/mol. The van der Waals surface area contributed by atoms with E-state index in [1.807, 2.05) is 6.07 Å². The minimum Gasteiger partial charge on any atom is -0.461 e. The number of amides is 1. The van der Waals surface area contributed by atoms with Crippen molar-refractivity contribution in [1.29, 1.82) is 5.26 Å². The van der Waals surface area contributed by atoms with E-state index in [9.17, 15) is 4.79 Å². The number of carbonyl (C=O) groups is 1. The molecule has 1 amide bonds. The van der Waals surface area contributed by atoms with Crippen LogP contribution in [0, 0.1) is 11.3 Å². The van der Waals surface area contributed by atoms with E-state index in [1.165, 1.54) is 0 Å². The van der Waals surface area contributed by atoms with Crippen molar-refractivity contribution < 1.29 is 13.7 Å². The molecule has 1 fully saturated rings. The van der Waals surface area contributed by atoms with Gasteiger partial charge >= 0.3 is 0 Å². The highest BCUT2D eigenvalue weighted by atomic mass is 16.5. The zero-order chi connectivity index (χ0) is 16.6. The Morgan fingerprint density at radius 2 is 2.00 bits per heavy atom. The Bertz CT molecular complexity index is 913. The van der Waals surface area contributed by atoms with Crippen LogP contribution >= 0.6 is 0 Å². The van der Waals surface area contributed by atoms with Crippen molar-refractivity contribution in [2.75, 3.05) is 5.32 Å². The Kier molecular flexibility index (Phi) is 3.21. The highest BCUT2D eigenvalue weighted by Gasteiger charge is 2.53. The Labute approximate surface area is 137 Å². The number of benzene rings is 1. The van der Waals surface area contributed by atoms with E-state index in [4.69, 9.17) is 14.2 Å². The summed E-state index contributed by atoms with van der Waals surface area (Å²) in [7, 11) is 0. The summed E-state index contributed by atoms with van der Waals surface area (Å²) in [5, 5.41) is 15.8. The van der Waals surface area contributed by atoms with Crippen LogP contribution in [0.15, 0.2) is 57.7 Å². The second-order valence-electron chi connectivity index (χ2n) is 5.78. The molecule has 0 unspecified atom stereocenters. The molecule has 24 heavy (non-hydrogen) atoms. The molecule has 3 aromatic rings. The van der Waals surface area contributed by atoms with E-state index in [1.54, 1.807) is 48.7 Å². The van der Waals surface area contributed by atoms with Gasteiger partial charge in [-0.3, -0.25) is 4.79 Å². The smallest absolute Gasteiger partial charge is 0.236 e. The molecule has 0 saturated heterocycles.